The van der Waals surface area contributed by atoms with Gasteiger partial charge in [0, 0.05) is 18.5 Å². The summed E-state index contributed by atoms with van der Waals surface area (Å²) in [7, 11) is 0. The molecule has 0 atom stereocenters. The number of nitrogens with zero attached hydrogens (tertiary/aromatic N) is 3. The lowest BCUT2D eigenvalue weighted by Gasteiger charge is -2.24. The Balaban J connectivity index is 1.84. The molecule has 1 saturated carbocycles. The Morgan fingerprint density at radius 3 is 2.84 bits per heavy atom. The van der Waals surface area contributed by atoms with Crippen LogP contribution in [0.1, 0.15) is 38.5 Å². The standard InChI is InChI=1S/C12H20N4O3/c1-8(2)16(5-6-17)7-10(18)13-12-15-14-11(19-12)9-3-4-9/h8-9,17H,3-7H2,1-2H3,(H,13,15,18). The number of hydrogen-bond acceptors (Lipinski definition) is 6. The highest BCUT2D eigenvalue weighted by Crippen LogP contribution is 2.39. The maximum Gasteiger partial charge on any atom is 0.322 e. The van der Waals surface area contributed by atoms with Crippen molar-refractivity contribution in [1.82, 2.24) is 15.1 Å². The first-order valence-corrected chi connectivity index (χ1v) is 6.58. The summed E-state index contributed by atoms with van der Waals surface area (Å²) in [5.41, 5.74) is 0. The van der Waals surface area contributed by atoms with Gasteiger partial charge in [-0.25, -0.2) is 0 Å². The van der Waals surface area contributed by atoms with Gasteiger partial charge in [-0.2, -0.15) is 0 Å². The zero-order valence-electron chi connectivity index (χ0n) is 11.3. The van der Waals surface area contributed by atoms with Crippen molar-refractivity contribution in [3.05, 3.63) is 5.89 Å². The van der Waals surface area contributed by atoms with E-state index in [1.54, 1.807) is 0 Å². The fourth-order valence-electron chi connectivity index (χ4n) is 1.77. The van der Waals surface area contributed by atoms with Gasteiger partial charge in [0.25, 0.3) is 0 Å². The molecule has 106 valence electrons. The maximum atomic E-state index is 11.8. The van der Waals surface area contributed by atoms with Gasteiger partial charge in [0.15, 0.2) is 0 Å². The molecule has 0 unspecified atom stereocenters. The van der Waals surface area contributed by atoms with E-state index in [1.807, 2.05) is 18.7 Å². The second kappa shape index (κ2) is 6.12. The summed E-state index contributed by atoms with van der Waals surface area (Å²) >= 11 is 0. The molecule has 0 saturated heterocycles. The number of carbonyl (C=O) groups is 1. The van der Waals surface area contributed by atoms with Crippen LogP contribution in [0.15, 0.2) is 4.42 Å². The Morgan fingerprint density at radius 2 is 2.26 bits per heavy atom. The van der Waals surface area contributed by atoms with Crippen molar-refractivity contribution in [3.8, 4) is 0 Å². The van der Waals surface area contributed by atoms with E-state index >= 15 is 0 Å². The Morgan fingerprint density at radius 1 is 1.53 bits per heavy atom. The SMILES string of the molecule is CC(C)N(CCO)CC(=O)Nc1nnc(C2CC2)o1. The van der Waals surface area contributed by atoms with E-state index in [-0.39, 0.29) is 31.1 Å². The van der Waals surface area contributed by atoms with Crippen LogP contribution in [0, 0.1) is 0 Å². The maximum absolute atomic E-state index is 11.8. The van der Waals surface area contributed by atoms with Gasteiger partial charge in [0.1, 0.15) is 0 Å². The minimum atomic E-state index is -0.215. The van der Waals surface area contributed by atoms with Gasteiger partial charge in [-0.05, 0) is 26.7 Å². The van der Waals surface area contributed by atoms with Crippen molar-refractivity contribution in [1.29, 1.82) is 0 Å². The van der Waals surface area contributed by atoms with Crippen LogP contribution in [0.3, 0.4) is 0 Å². The minimum absolute atomic E-state index is 0.0256. The van der Waals surface area contributed by atoms with Gasteiger partial charge in [0.05, 0.1) is 13.2 Å². The molecular weight excluding hydrogens is 248 g/mol. The third-order valence-corrected chi connectivity index (χ3v) is 3.08. The van der Waals surface area contributed by atoms with Crippen molar-refractivity contribution in [2.45, 2.75) is 38.6 Å². The molecule has 2 N–H and O–H groups in total. The molecule has 1 fully saturated rings. The van der Waals surface area contributed by atoms with Crippen molar-refractivity contribution >= 4 is 11.9 Å². The number of carbonyl (C=O) groups excluding carboxylic acids is 1. The Hall–Kier alpha value is -1.47. The molecule has 0 bridgehead atoms. The topological polar surface area (TPSA) is 91.5 Å². The fraction of sp³-hybridized carbons (Fsp3) is 0.750. The predicted molar refractivity (Wildman–Crippen MR) is 68.7 cm³/mol. The van der Waals surface area contributed by atoms with Crippen molar-refractivity contribution < 1.29 is 14.3 Å². The summed E-state index contributed by atoms with van der Waals surface area (Å²) in [4.78, 5) is 13.7. The molecule has 1 aliphatic carbocycles. The normalized spacial score (nSPS) is 15.2. The van der Waals surface area contributed by atoms with Crippen LogP contribution in [0.4, 0.5) is 6.01 Å². The Kier molecular flexibility index (Phi) is 4.49. The molecule has 0 aliphatic heterocycles. The van der Waals surface area contributed by atoms with Gasteiger partial charge in [-0.15, -0.1) is 5.10 Å². The smallest absolute Gasteiger partial charge is 0.322 e. The van der Waals surface area contributed by atoms with Crippen molar-refractivity contribution in [2.24, 2.45) is 0 Å². The number of aromatic nitrogens is 2. The summed E-state index contributed by atoms with van der Waals surface area (Å²) in [6.45, 7) is 4.63. The van der Waals surface area contributed by atoms with Gasteiger partial charge < -0.3 is 9.52 Å². The van der Waals surface area contributed by atoms with Gasteiger partial charge in [-0.1, -0.05) is 5.10 Å². The molecule has 1 aromatic rings. The second-order valence-electron chi connectivity index (χ2n) is 5.06. The molecule has 0 spiro atoms. The van der Waals surface area contributed by atoms with Crippen LogP contribution < -0.4 is 5.32 Å². The molecule has 1 heterocycles. The molecule has 7 heteroatoms. The number of nitrogens with one attached hydrogen (secondary N) is 1. The molecule has 0 aromatic carbocycles. The lowest BCUT2D eigenvalue weighted by Crippen LogP contribution is -2.39. The zero-order valence-corrected chi connectivity index (χ0v) is 11.3. The van der Waals surface area contributed by atoms with Gasteiger partial charge in [0.2, 0.25) is 11.8 Å². The number of hydrogen-bond donors (Lipinski definition) is 2. The van der Waals surface area contributed by atoms with E-state index in [0.717, 1.165) is 12.8 Å². The monoisotopic (exact) mass is 268 g/mol. The van der Waals surface area contributed by atoms with Crippen LogP contribution in [-0.2, 0) is 4.79 Å². The first kappa shape index (κ1) is 14.0. The van der Waals surface area contributed by atoms with Crippen molar-refractivity contribution in [3.63, 3.8) is 0 Å². The van der Waals surface area contributed by atoms with Crippen LogP contribution >= 0.6 is 0 Å². The van der Waals surface area contributed by atoms with Gasteiger partial charge >= 0.3 is 6.01 Å². The van der Waals surface area contributed by atoms with Crippen LogP contribution in [0.5, 0.6) is 0 Å². The second-order valence-corrected chi connectivity index (χ2v) is 5.06. The third kappa shape index (κ3) is 4.00. The van der Waals surface area contributed by atoms with E-state index < -0.39 is 0 Å². The Bertz CT molecular complexity index is 428. The van der Waals surface area contributed by atoms with Gasteiger partial charge in [-0.3, -0.25) is 15.0 Å². The van der Waals surface area contributed by atoms with Crippen LogP contribution in [-0.4, -0.2) is 51.8 Å². The van der Waals surface area contributed by atoms with E-state index in [0.29, 0.717) is 18.4 Å². The lowest BCUT2D eigenvalue weighted by molar-refractivity contribution is -0.118. The number of aliphatic hydroxyl groups excluding tert-OH is 1. The predicted octanol–water partition coefficient (Wildman–Crippen LogP) is 0.588. The Labute approximate surface area is 112 Å². The number of amides is 1. The molecule has 19 heavy (non-hydrogen) atoms. The van der Waals surface area contributed by atoms with E-state index in [9.17, 15) is 4.79 Å². The summed E-state index contributed by atoms with van der Waals surface area (Å²) in [5.74, 6) is 0.763. The zero-order chi connectivity index (χ0) is 13.8. The minimum Gasteiger partial charge on any atom is -0.408 e. The summed E-state index contributed by atoms with van der Waals surface area (Å²) in [5, 5.41) is 19.2. The molecule has 1 aliphatic rings. The quantitative estimate of drug-likeness (QED) is 0.752. The summed E-state index contributed by atoms with van der Waals surface area (Å²) < 4.78 is 5.36. The first-order valence-electron chi connectivity index (χ1n) is 6.58. The largest absolute Gasteiger partial charge is 0.408 e. The fourth-order valence-corrected chi connectivity index (χ4v) is 1.77. The highest BCUT2D eigenvalue weighted by atomic mass is 16.4. The van der Waals surface area contributed by atoms with E-state index in [2.05, 4.69) is 15.5 Å². The number of anilines is 1. The molecule has 7 nitrogen and oxygen atoms in total. The third-order valence-electron chi connectivity index (χ3n) is 3.08. The highest BCUT2D eigenvalue weighted by Gasteiger charge is 2.29. The van der Waals surface area contributed by atoms with E-state index in [4.69, 9.17) is 9.52 Å². The lowest BCUT2D eigenvalue weighted by atomic mass is 10.3. The average molecular weight is 268 g/mol. The van der Waals surface area contributed by atoms with E-state index in [1.165, 1.54) is 0 Å². The number of aliphatic hydroxyl groups is 1. The highest BCUT2D eigenvalue weighted by molar-refractivity contribution is 5.90. The molecule has 0 radical (unpaired) electrons. The number of rotatable bonds is 7. The molecule has 1 amide bonds. The van der Waals surface area contributed by atoms with Crippen LogP contribution in [0.2, 0.25) is 0 Å². The van der Waals surface area contributed by atoms with Crippen LogP contribution in [0.25, 0.3) is 0 Å². The summed E-state index contributed by atoms with van der Waals surface area (Å²) in [6, 6.07) is 0.335. The first-order chi connectivity index (χ1) is 9.10. The van der Waals surface area contributed by atoms with Crippen molar-refractivity contribution in [2.75, 3.05) is 25.0 Å². The summed E-state index contributed by atoms with van der Waals surface area (Å²) in [6.07, 6.45) is 2.15. The average Bonchev–Trinajstić information content (AvgIpc) is 3.10. The molecule has 1 aromatic heterocycles. The molecular formula is C12H20N4O3. The molecule has 2 rings (SSSR count).